The van der Waals surface area contributed by atoms with Crippen molar-refractivity contribution in [1.82, 2.24) is 24.6 Å². The molecule has 0 radical (unpaired) electrons. The van der Waals surface area contributed by atoms with E-state index in [1.807, 2.05) is 24.3 Å². The van der Waals surface area contributed by atoms with E-state index in [0.29, 0.717) is 34.5 Å². The van der Waals surface area contributed by atoms with E-state index < -0.39 is 17.4 Å². The molecule has 164 valence electrons. The molecule has 2 aromatic heterocycles. The first-order chi connectivity index (χ1) is 15.9. The first kappa shape index (κ1) is 20.5. The highest BCUT2D eigenvalue weighted by Crippen LogP contribution is 2.27. The van der Waals surface area contributed by atoms with Crippen molar-refractivity contribution >= 4 is 22.7 Å². The Hall–Kier alpha value is -4.42. The van der Waals surface area contributed by atoms with Gasteiger partial charge in [0.05, 0.1) is 11.2 Å². The van der Waals surface area contributed by atoms with Crippen LogP contribution < -0.4 is 5.73 Å². The van der Waals surface area contributed by atoms with E-state index in [2.05, 4.69) is 26.9 Å². The van der Waals surface area contributed by atoms with Crippen LogP contribution in [0.4, 0.5) is 0 Å². The third kappa shape index (κ3) is 3.52. The first-order valence-corrected chi connectivity index (χ1v) is 10.3. The number of rotatable bonds is 3. The molecule has 3 heterocycles. The average Bonchev–Trinajstić information content (AvgIpc) is 3.54. The minimum atomic E-state index is -1.68. The van der Waals surface area contributed by atoms with Crippen molar-refractivity contribution in [2.45, 2.75) is 12.0 Å². The molecular formula is C24H20N6O3. The smallest absolute Gasteiger partial charge is 0.269 e. The molecule has 2 amide bonds. The van der Waals surface area contributed by atoms with Gasteiger partial charge in [-0.25, -0.2) is 9.67 Å². The Morgan fingerprint density at radius 2 is 2.12 bits per heavy atom. The molecule has 9 nitrogen and oxygen atoms in total. The second-order valence-electron chi connectivity index (χ2n) is 7.93. The Morgan fingerprint density at radius 1 is 1.27 bits per heavy atom. The van der Waals surface area contributed by atoms with Crippen LogP contribution in [-0.4, -0.2) is 60.8 Å². The molecule has 0 aliphatic carbocycles. The van der Waals surface area contributed by atoms with Crippen LogP contribution in [0.15, 0.2) is 54.9 Å². The van der Waals surface area contributed by atoms with Gasteiger partial charge < -0.3 is 20.7 Å². The van der Waals surface area contributed by atoms with Crippen molar-refractivity contribution in [1.29, 1.82) is 0 Å². The van der Waals surface area contributed by atoms with Gasteiger partial charge in [0, 0.05) is 48.9 Å². The molecule has 1 fully saturated rings. The molecular weight excluding hydrogens is 420 g/mol. The Morgan fingerprint density at radius 3 is 2.82 bits per heavy atom. The molecule has 0 bridgehead atoms. The second kappa shape index (κ2) is 7.62. The molecule has 33 heavy (non-hydrogen) atoms. The fourth-order valence-corrected chi connectivity index (χ4v) is 3.93. The number of likely N-dealkylation sites (tertiary alicyclic amines) is 1. The quantitative estimate of drug-likeness (QED) is 0.415. The number of hydrogen-bond donors (Lipinski definition) is 3. The standard InChI is InChI=1S/C24H20N6O3/c1-29-12-9-24(33,23(29)32)8-7-15-3-2-4-17(13-15)30-19-6-5-16(22-26-10-11-27-22)14-18(19)20(28-30)21(25)31/h2-6,10-11,13-14,33H,9,12H2,1H3,(H2,25,31)(H,26,27)/t24-/m0/s1. The summed E-state index contributed by atoms with van der Waals surface area (Å²) in [4.78, 5) is 33.0. The van der Waals surface area contributed by atoms with Crippen molar-refractivity contribution in [2.24, 2.45) is 5.73 Å². The number of carbonyl (C=O) groups excluding carboxylic acids is 2. The van der Waals surface area contributed by atoms with Crippen molar-refractivity contribution in [3.8, 4) is 28.9 Å². The molecule has 0 saturated carbocycles. The number of imidazole rings is 1. The number of aromatic amines is 1. The van der Waals surface area contributed by atoms with Crippen molar-refractivity contribution in [2.75, 3.05) is 13.6 Å². The van der Waals surface area contributed by atoms with Gasteiger partial charge in [0.2, 0.25) is 5.60 Å². The lowest BCUT2D eigenvalue weighted by Crippen LogP contribution is -2.37. The number of benzene rings is 2. The zero-order chi connectivity index (χ0) is 23.2. The molecule has 4 N–H and O–H groups in total. The highest BCUT2D eigenvalue weighted by atomic mass is 16.3. The van der Waals surface area contributed by atoms with E-state index in [4.69, 9.17) is 5.73 Å². The van der Waals surface area contributed by atoms with Gasteiger partial charge in [-0.3, -0.25) is 9.59 Å². The van der Waals surface area contributed by atoms with Gasteiger partial charge in [0.25, 0.3) is 11.8 Å². The van der Waals surface area contributed by atoms with E-state index in [1.165, 1.54) is 4.90 Å². The normalized spacial score (nSPS) is 17.9. The fraction of sp³-hybridized carbons (Fsp3) is 0.167. The van der Waals surface area contributed by atoms with Crippen LogP contribution in [0.25, 0.3) is 28.0 Å². The third-order valence-electron chi connectivity index (χ3n) is 5.70. The lowest BCUT2D eigenvalue weighted by molar-refractivity contribution is -0.137. The van der Waals surface area contributed by atoms with Crippen LogP contribution in [0.2, 0.25) is 0 Å². The Labute approximate surface area is 188 Å². The van der Waals surface area contributed by atoms with E-state index >= 15 is 0 Å². The highest BCUT2D eigenvalue weighted by Gasteiger charge is 2.42. The molecule has 4 aromatic rings. The monoisotopic (exact) mass is 440 g/mol. The third-order valence-corrected chi connectivity index (χ3v) is 5.70. The number of aromatic nitrogens is 4. The average molecular weight is 440 g/mol. The van der Waals surface area contributed by atoms with Gasteiger partial charge in [0.1, 0.15) is 5.82 Å². The molecule has 1 atom stereocenters. The van der Waals surface area contributed by atoms with Crippen LogP contribution in [-0.2, 0) is 4.79 Å². The summed E-state index contributed by atoms with van der Waals surface area (Å²) in [5.74, 6) is 5.25. The summed E-state index contributed by atoms with van der Waals surface area (Å²) in [7, 11) is 1.64. The van der Waals surface area contributed by atoms with E-state index in [0.717, 1.165) is 5.56 Å². The molecule has 0 spiro atoms. The number of nitrogens with two attached hydrogens (primary N) is 1. The molecule has 1 aliphatic heterocycles. The van der Waals surface area contributed by atoms with Crippen LogP contribution in [0.1, 0.15) is 22.5 Å². The topological polar surface area (TPSA) is 130 Å². The molecule has 2 aromatic carbocycles. The summed E-state index contributed by atoms with van der Waals surface area (Å²) in [6.07, 6.45) is 3.63. The van der Waals surface area contributed by atoms with Gasteiger partial charge in [0.15, 0.2) is 5.69 Å². The maximum Gasteiger partial charge on any atom is 0.269 e. The zero-order valence-electron chi connectivity index (χ0n) is 17.7. The Bertz CT molecular complexity index is 1460. The van der Waals surface area contributed by atoms with Crippen LogP contribution >= 0.6 is 0 Å². The van der Waals surface area contributed by atoms with Crippen LogP contribution in [0.3, 0.4) is 0 Å². The fourth-order valence-electron chi connectivity index (χ4n) is 3.93. The summed E-state index contributed by atoms with van der Waals surface area (Å²) in [5, 5.41) is 15.6. The number of H-pyrrole nitrogens is 1. The van der Waals surface area contributed by atoms with Crippen LogP contribution in [0.5, 0.6) is 0 Å². The summed E-state index contributed by atoms with van der Waals surface area (Å²) in [6.45, 7) is 0.458. The Balaban J connectivity index is 1.57. The summed E-state index contributed by atoms with van der Waals surface area (Å²) in [6, 6.07) is 12.7. The second-order valence-corrected chi connectivity index (χ2v) is 7.93. The largest absolute Gasteiger partial charge is 0.369 e. The van der Waals surface area contributed by atoms with E-state index in [-0.39, 0.29) is 12.1 Å². The van der Waals surface area contributed by atoms with E-state index in [1.54, 1.807) is 42.3 Å². The number of likely N-dealkylation sites (N-methyl/N-ethyl adjacent to an activating group) is 1. The predicted molar refractivity (Wildman–Crippen MR) is 121 cm³/mol. The molecule has 5 rings (SSSR count). The predicted octanol–water partition coefficient (Wildman–Crippen LogP) is 1.46. The maximum atomic E-state index is 12.2. The van der Waals surface area contributed by atoms with Crippen molar-refractivity contribution < 1.29 is 14.7 Å². The van der Waals surface area contributed by atoms with E-state index in [9.17, 15) is 14.7 Å². The van der Waals surface area contributed by atoms with Gasteiger partial charge >= 0.3 is 0 Å². The van der Waals surface area contributed by atoms with Crippen LogP contribution in [0, 0.1) is 11.8 Å². The zero-order valence-corrected chi connectivity index (χ0v) is 17.7. The number of fused-ring (bicyclic) bond motifs is 1. The van der Waals surface area contributed by atoms with Gasteiger partial charge in [-0.15, -0.1) is 0 Å². The van der Waals surface area contributed by atoms with Gasteiger partial charge in [-0.05, 0) is 36.4 Å². The minimum Gasteiger partial charge on any atom is -0.369 e. The molecule has 9 heteroatoms. The summed E-state index contributed by atoms with van der Waals surface area (Å²) < 4.78 is 1.62. The number of nitrogens with zero attached hydrogens (tertiary/aromatic N) is 4. The van der Waals surface area contributed by atoms with Crippen molar-refractivity contribution in [3.63, 3.8) is 0 Å². The van der Waals surface area contributed by atoms with Gasteiger partial charge in [-0.1, -0.05) is 17.9 Å². The number of aliphatic hydroxyl groups is 1. The number of primary amides is 1. The highest BCUT2D eigenvalue weighted by molar-refractivity contribution is 6.05. The Kier molecular flexibility index (Phi) is 4.73. The number of nitrogens with one attached hydrogen (secondary N) is 1. The number of carbonyl (C=O) groups is 2. The summed E-state index contributed by atoms with van der Waals surface area (Å²) >= 11 is 0. The first-order valence-electron chi connectivity index (χ1n) is 10.3. The number of hydrogen-bond acceptors (Lipinski definition) is 5. The van der Waals surface area contributed by atoms with Crippen molar-refractivity contribution in [3.05, 3.63) is 66.1 Å². The minimum absolute atomic E-state index is 0.142. The maximum absolute atomic E-state index is 12.2. The lowest BCUT2D eigenvalue weighted by Gasteiger charge is -2.13. The SMILES string of the molecule is CN1CC[C@@](O)(C#Cc2cccc(-n3nc(C(N)=O)c4cc(-c5ncc[nH]5)ccc43)c2)C1=O. The molecule has 0 unspecified atom stereocenters. The van der Waals surface area contributed by atoms with Gasteiger partial charge in [-0.2, -0.15) is 5.10 Å². The molecule has 1 aliphatic rings. The molecule has 1 saturated heterocycles. The summed E-state index contributed by atoms with van der Waals surface area (Å²) in [5.41, 5.74) is 6.81. The number of amides is 2. The lowest BCUT2D eigenvalue weighted by atomic mass is 10.0.